The van der Waals surface area contributed by atoms with Crippen molar-refractivity contribution in [2.75, 3.05) is 0 Å². The maximum Gasteiger partial charge on any atom is 0.267 e. The summed E-state index contributed by atoms with van der Waals surface area (Å²) in [5, 5.41) is 8.43. The van der Waals surface area contributed by atoms with Crippen molar-refractivity contribution in [1.29, 1.82) is 0 Å². The SMILES string of the molecule is OCc1c(Cl)cnc(Cl)c1C(F)F. The fourth-order valence-electron chi connectivity index (χ4n) is 0.896. The average molecular weight is 228 g/mol. The molecule has 0 fully saturated rings. The minimum Gasteiger partial charge on any atom is -0.392 e. The smallest absolute Gasteiger partial charge is 0.267 e. The molecule has 2 nitrogen and oxygen atoms in total. The molecule has 0 unspecified atom stereocenters. The Morgan fingerprint density at radius 3 is 2.46 bits per heavy atom. The van der Waals surface area contributed by atoms with Crippen LogP contribution in [0.3, 0.4) is 0 Å². The first-order chi connectivity index (χ1) is 6.07. The predicted octanol–water partition coefficient (Wildman–Crippen LogP) is 2.82. The van der Waals surface area contributed by atoms with Crippen molar-refractivity contribution in [3.05, 3.63) is 27.5 Å². The third kappa shape index (κ3) is 2.07. The van der Waals surface area contributed by atoms with Crippen LogP contribution in [-0.2, 0) is 6.61 Å². The standard InChI is InChI=1S/C7H5Cl2F2NO/c8-4-1-12-6(9)5(7(10)11)3(4)2-13/h1,7,13H,2H2. The fourth-order valence-corrected chi connectivity index (χ4v) is 1.35. The first-order valence-corrected chi connectivity index (χ1v) is 4.05. The van der Waals surface area contributed by atoms with E-state index in [9.17, 15) is 8.78 Å². The first-order valence-electron chi connectivity index (χ1n) is 3.29. The van der Waals surface area contributed by atoms with Gasteiger partial charge in [0.1, 0.15) is 5.15 Å². The summed E-state index contributed by atoms with van der Waals surface area (Å²) >= 11 is 10.9. The molecule has 72 valence electrons. The number of aromatic nitrogens is 1. The molecule has 6 heteroatoms. The van der Waals surface area contributed by atoms with E-state index in [0.29, 0.717) is 0 Å². The molecule has 1 aromatic heterocycles. The molecule has 0 saturated heterocycles. The molecule has 0 spiro atoms. The summed E-state index contributed by atoms with van der Waals surface area (Å²) in [7, 11) is 0. The molecule has 0 bridgehead atoms. The molecule has 0 aromatic carbocycles. The van der Waals surface area contributed by atoms with Crippen LogP contribution in [0.2, 0.25) is 10.2 Å². The fraction of sp³-hybridized carbons (Fsp3) is 0.286. The van der Waals surface area contributed by atoms with Gasteiger partial charge in [-0.15, -0.1) is 0 Å². The van der Waals surface area contributed by atoms with Gasteiger partial charge in [-0.2, -0.15) is 0 Å². The van der Waals surface area contributed by atoms with Crippen LogP contribution in [0.1, 0.15) is 17.6 Å². The third-order valence-electron chi connectivity index (χ3n) is 1.50. The Bertz CT molecular complexity index is 320. The molecule has 1 aromatic rings. The van der Waals surface area contributed by atoms with Gasteiger partial charge in [-0.05, 0) is 0 Å². The Hall–Kier alpha value is -0.450. The van der Waals surface area contributed by atoms with Gasteiger partial charge in [0.15, 0.2) is 0 Å². The maximum absolute atomic E-state index is 12.4. The highest BCUT2D eigenvalue weighted by Crippen LogP contribution is 2.32. The van der Waals surface area contributed by atoms with Crippen LogP contribution in [0.4, 0.5) is 8.78 Å². The van der Waals surface area contributed by atoms with E-state index in [1.165, 1.54) is 0 Å². The number of halogens is 4. The Morgan fingerprint density at radius 2 is 2.08 bits per heavy atom. The quantitative estimate of drug-likeness (QED) is 0.789. The molecule has 0 saturated carbocycles. The Morgan fingerprint density at radius 1 is 1.46 bits per heavy atom. The van der Waals surface area contributed by atoms with Crippen LogP contribution in [0, 0.1) is 0 Å². The van der Waals surface area contributed by atoms with Crippen LogP contribution in [-0.4, -0.2) is 10.1 Å². The van der Waals surface area contributed by atoms with E-state index in [-0.39, 0.29) is 15.7 Å². The minimum absolute atomic E-state index is 0.0119. The van der Waals surface area contributed by atoms with E-state index in [0.717, 1.165) is 6.20 Å². The zero-order valence-electron chi connectivity index (χ0n) is 6.27. The van der Waals surface area contributed by atoms with Crippen LogP contribution >= 0.6 is 23.2 Å². The van der Waals surface area contributed by atoms with Crippen molar-refractivity contribution in [3.8, 4) is 0 Å². The van der Waals surface area contributed by atoms with Crippen molar-refractivity contribution in [2.45, 2.75) is 13.0 Å². The van der Waals surface area contributed by atoms with E-state index in [4.69, 9.17) is 28.3 Å². The molecule has 0 radical (unpaired) electrons. The molecule has 0 aliphatic carbocycles. The second-order valence-electron chi connectivity index (χ2n) is 2.25. The molecule has 0 aliphatic heterocycles. The lowest BCUT2D eigenvalue weighted by atomic mass is 10.1. The Kier molecular flexibility index (Phi) is 3.41. The molecular weight excluding hydrogens is 223 g/mol. The number of alkyl halides is 2. The van der Waals surface area contributed by atoms with Gasteiger partial charge in [0, 0.05) is 11.8 Å². The van der Waals surface area contributed by atoms with Crippen LogP contribution in [0.25, 0.3) is 0 Å². The lowest BCUT2D eigenvalue weighted by Crippen LogP contribution is -1.99. The normalized spacial score (nSPS) is 10.9. The summed E-state index contributed by atoms with van der Waals surface area (Å²) in [6.07, 6.45) is -1.66. The number of aliphatic hydroxyl groups excluding tert-OH is 1. The average Bonchev–Trinajstić information content (AvgIpc) is 2.07. The van der Waals surface area contributed by atoms with Gasteiger partial charge in [-0.1, -0.05) is 23.2 Å². The van der Waals surface area contributed by atoms with E-state index < -0.39 is 18.6 Å². The van der Waals surface area contributed by atoms with Crippen molar-refractivity contribution >= 4 is 23.2 Å². The highest BCUT2D eigenvalue weighted by atomic mass is 35.5. The number of pyridine rings is 1. The van der Waals surface area contributed by atoms with Gasteiger partial charge >= 0.3 is 0 Å². The van der Waals surface area contributed by atoms with Crippen molar-refractivity contribution in [2.24, 2.45) is 0 Å². The van der Waals surface area contributed by atoms with E-state index in [2.05, 4.69) is 4.98 Å². The molecule has 1 heterocycles. The summed E-state index contributed by atoms with van der Waals surface area (Å²) in [6.45, 7) is -0.583. The highest BCUT2D eigenvalue weighted by Gasteiger charge is 2.19. The Labute approximate surface area is 83.1 Å². The number of aliphatic hydroxyl groups is 1. The van der Waals surface area contributed by atoms with E-state index >= 15 is 0 Å². The summed E-state index contributed by atoms with van der Waals surface area (Å²) < 4.78 is 24.7. The molecule has 13 heavy (non-hydrogen) atoms. The number of nitrogens with zero attached hydrogens (tertiary/aromatic N) is 1. The molecular formula is C7H5Cl2F2NO. The zero-order chi connectivity index (χ0) is 10.0. The summed E-state index contributed by atoms with van der Waals surface area (Å²) in [5.41, 5.74) is -0.576. The minimum atomic E-state index is -2.79. The van der Waals surface area contributed by atoms with Gasteiger partial charge in [-0.25, -0.2) is 13.8 Å². The number of rotatable bonds is 2. The first kappa shape index (κ1) is 10.6. The topological polar surface area (TPSA) is 33.1 Å². The maximum atomic E-state index is 12.4. The molecule has 0 amide bonds. The second kappa shape index (κ2) is 4.17. The lowest BCUT2D eigenvalue weighted by molar-refractivity contribution is 0.147. The van der Waals surface area contributed by atoms with Gasteiger partial charge in [0.2, 0.25) is 0 Å². The van der Waals surface area contributed by atoms with Crippen LogP contribution in [0.5, 0.6) is 0 Å². The van der Waals surface area contributed by atoms with Gasteiger partial charge < -0.3 is 5.11 Å². The molecule has 1 N–H and O–H groups in total. The van der Waals surface area contributed by atoms with Gasteiger partial charge in [0.25, 0.3) is 6.43 Å². The molecule has 0 atom stereocenters. The Balaban J connectivity index is 3.35. The monoisotopic (exact) mass is 227 g/mol. The van der Waals surface area contributed by atoms with Crippen molar-refractivity contribution in [3.63, 3.8) is 0 Å². The predicted molar refractivity (Wildman–Crippen MR) is 45.1 cm³/mol. The van der Waals surface area contributed by atoms with Gasteiger partial charge in [-0.3, -0.25) is 0 Å². The largest absolute Gasteiger partial charge is 0.392 e. The number of hydrogen-bond acceptors (Lipinski definition) is 2. The summed E-state index contributed by atoms with van der Waals surface area (Å²) in [5.74, 6) is 0. The number of hydrogen-bond donors (Lipinski definition) is 1. The summed E-state index contributed by atoms with van der Waals surface area (Å²) in [6, 6.07) is 0. The molecule has 1 rings (SSSR count). The van der Waals surface area contributed by atoms with E-state index in [1.54, 1.807) is 0 Å². The third-order valence-corrected chi connectivity index (χ3v) is 2.13. The van der Waals surface area contributed by atoms with Crippen LogP contribution < -0.4 is 0 Å². The zero-order valence-corrected chi connectivity index (χ0v) is 7.78. The van der Waals surface area contributed by atoms with Gasteiger partial charge in [0.05, 0.1) is 17.2 Å². The highest BCUT2D eigenvalue weighted by molar-refractivity contribution is 6.33. The summed E-state index contributed by atoms with van der Waals surface area (Å²) in [4.78, 5) is 3.45. The van der Waals surface area contributed by atoms with E-state index in [1.807, 2.05) is 0 Å². The van der Waals surface area contributed by atoms with Crippen molar-refractivity contribution < 1.29 is 13.9 Å². The second-order valence-corrected chi connectivity index (χ2v) is 3.01. The molecule has 0 aliphatic rings. The lowest BCUT2D eigenvalue weighted by Gasteiger charge is -2.08. The van der Waals surface area contributed by atoms with Crippen molar-refractivity contribution in [1.82, 2.24) is 4.98 Å². The van der Waals surface area contributed by atoms with Crippen LogP contribution in [0.15, 0.2) is 6.20 Å².